The number of amides is 1. The number of aromatic hydroxyl groups is 1. The van der Waals surface area contributed by atoms with E-state index in [2.05, 4.69) is 0 Å². The van der Waals surface area contributed by atoms with E-state index in [0.29, 0.717) is 12.2 Å². The third kappa shape index (κ3) is 2.91. The van der Waals surface area contributed by atoms with Crippen LogP contribution in [0.4, 0.5) is 10.1 Å². The van der Waals surface area contributed by atoms with Crippen LogP contribution in [0.15, 0.2) is 42.5 Å². The van der Waals surface area contributed by atoms with Crippen LogP contribution in [-0.2, 0) is 0 Å². The van der Waals surface area contributed by atoms with Gasteiger partial charge in [-0.15, -0.1) is 0 Å². The summed E-state index contributed by atoms with van der Waals surface area (Å²) in [7, 11) is 0. The van der Waals surface area contributed by atoms with Crippen LogP contribution in [0.25, 0.3) is 0 Å². The summed E-state index contributed by atoms with van der Waals surface area (Å²) < 4.78 is 13.4. The molecule has 0 unspecified atom stereocenters. The smallest absolute Gasteiger partial charge is 0.258 e. The Morgan fingerprint density at radius 3 is 2.65 bits per heavy atom. The number of anilines is 1. The maximum Gasteiger partial charge on any atom is 0.258 e. The molecule has 2 aromatic carbocycles. The fourth-order valence-corrected chi connectivity index (χ4v) is 2.01. The summed E-state index contributed by atoms with van der Waals surface area (Å²) in [5, 5.41) is 9.45. The average molecular weight is 294 g/mol. The average Bonchev–Trinajstić information content (AvgIpc) is 2.42. The summed E-state index contributed by atoms with van der Waals surface area (Å²) in [6.45, 7) is 2.20. The van der Waals surface area contributed by atoms with E-state index >= 15 is 0 Å². The lowest BCUT2D eigenvalue weighted by molar-refractivity contribution is 0.0988. The van der Waals surface area contributed by atoms with Gasteiger partial charge in [-0.05, 0) is 37.3 Å². The summed E-state index contributed by atoms with van der Waals surface area (Å²) >= 11 is 5.60. The number of nitrogens with zero attached hydrogens (tertiary/aromatic N) is 1. The highest BCUT2D eigenvalue weighted by atomic mass is 35.5. The van der Waals surface area contributed by atoms with Crippen LogP contribution >= 0.6 is 11.6 Å². The van der Waals surface area contributed by atoms with Crippen molar-refractivity contribution in [2.24, 2.45) is 0 Å². The van der Waals surface area contributed by atoms with Gasteiger partial charge in [0.05, 0.1) is 5.02 Å². The molecular formula is C15H13ClFNO2. The molecule has 0 fully saturated rings. The summed E-state index contributed by atoms with van der Waals surface area (Å²) in [5.41, 5.74) is 0.755. The van der Waals surface area contributed by atoms with Gasteiger partial charge in [-0.1, -0.05) is 17.7 Å². The lowest BCUT2D eigenvalue weighted by Gasteiger charge is -2.21. The Bertz CT molecular complexity index is 646. The second-order valence-corrected chi connectivity index (χ2v) is 4.61. The molecule has 20 heavy (non-hydrogen) atoms. The Morgan fingerprint density at radius 2 is 2.05 bits per heavy atom. The third-order valence-electron chi connectivity index (χ3n) is 2.87. The molecule has 0 atom stereocenters. The molecule has 0 bridgehead atoms. The van der Waals surface area contributed by atoms with Crippen LogP contribution < -0.4 is 4.90 Å². The predicted octanol–water partition coefficient (Wildman–Crippen LogP) is 3.85. The van der Waals surface area contributed by atoms with E-state index in [1.54, 1.807) is 19.1 Å². The minimum absolute atomic E-state index is 0.0260. The second kappa shape index (κ2) is 5.92. The first-order chi connectivity index (χ1) is 9.52. The van der Waals surface area contributed by atoms with Gasteiger partial charge in [-0.3, -0.25) is 4.79 Å². The molecule has 0 aliphatic heterocycles. The number of hydrogen-bond acceptors (Lipinski definition) is 2. The van der Waals surface area contributed by atoms with E-state index in [4.69, 9.17) is 11.6 Å². The molecule has 1 N–H and O–H groups in total. The van der Waals surface area contributed by atoms with E-state index in [9.17, 15) is 14.3 Å². The lowest BCUT2D eigenvalue weighted by atomic mass is 10.1. The zero-order chi connectivity index (χ0) is 14.7. The number of phenolic OH excluding ortho intramolecular Hbond substituents is 1. The van der Waals surface area contributed by atoms with Crippen LogP contribution in [0, 0.1) is 5.82 Å². The third-order valence-corrected chi connectivity index (χ3v) is 3.18. The topological polar surface area (TPSA) is 40.5 Å². The minimum atomic E-state index is -0.635. The molecule has 0 saturated carbocycles. The van der Waals surface area contributed by atoms with Gasteiger partial charge >= 0.3 is 0 Å². The van der Waals surface area contributed by atoms with Crippen LogP contribution in [0.1, 0.15) is 17.3 Å². The zero-order valence-corrected chi connectivity index (χ0v) is 11.6. The van der Waals surface area contributed by atoms with E-state index in [1.165, 1.54) is 29.2 Å². The number of rotatable bonds is 3. The fraction of sp³-hybridized carbons (Fsp3) is 0.133. The van der Waals surface area contributed by atoms with Gasteiger partial charge in [0.25, 0.3) is 5.91 Å². The number of halogens is 2. The van der Waals surface area contributed by atoms with Crippen LogP contribution in [0.3, 0.4) is 0 Å². The maximum atomic E-state index is 13.4. The van der Waals surface area contributed by atoms with Gasteiger partial charge < -0.3 is 10.0 Å². The van der Waals surface area contributed by atoms with E-state index in [-0.39, 0.29) is 22.2 Å². The maximum absolute atomic E-state index is 13.4. The molecule has 2 rings (SSSR count). The van der Waals surface area contributed by atoms with Crippen molar-refractivity contribution in [1.29, 1.82) is 0 Å². The largest absolute Gasteiger partial charge is 0.508 e. The van der Waals surface area contributed by atoms with Crippen LogP contribution in [-0.4, -0.2) is 17.6 Å². The molecule has 0 aliphatic rings. The van der Waals surface area contributed by atoms with Gasteiger partial charge in [0.1, 0.15) is 11.6 Å². The first-order valence-electron chi connectivity index (χ1n) is 6.09. The van der Waals surface area contributed by atoms with Gasteiger partial charge in [0.15, 0.2) is 0 Å². The number of benzene rings is 2. The Balaban J connectivity index is 2.36. The molecule has 0 spiro atoms. The monoisotopic (exact) mass is 293 g/mol. The summed E-state index contributed by atoms with van der Waals surface area (Å²) in [4.78, 5) is 13.8. The molecule has 3 nitrogen and oxygen atoms in total. The first kappa shape index (κ1) is 14.3. The molecule has 2 aromatic rings. The quantitative estimate of drug-likeness (QED) is 0.934. The Hall–Kier alpha value is -2.07. The number of carbonyl (C=O) groups is 1. The molecule has 0 saturated heterocycles. The zero-order valence-electron chi connectivity index (χ0n) is 10.8. The first-order valence-corrected chi connectivity index (χ1v) is 6.46. The SMILES string of the molecule is CCN(C(=O)c1ccc(Cl)c(F)c1)c1cccc(O)c1. The molecular weight excluding hydrogens is 281 g/mol. The van der Waals surface area contributed by atoms with Crippen molar-refractivity contribution in [3.05, 3.63) is 58.9 Å². The van der Waals surface area contributed by atoms with Crippen molar-refractivity contribution < 1.29 is 14.3 Å². The Kier molecular flexibility index (Phi) is 4.25. The second-order valence-electron chi connectivity index (χ2n) is 4.20. The minimum Gasteiger partial charge on any atom is -0.508 e. The highest BCUT2D eigenvalue weighted by molar-refractivity contribution is 6.30. The lowest BCUT2D eigenvalue weighted by Crippen LogP contribution is -2.30. The summed E-state index contributed by atoms with van der Waals surface area (Å²) in [6, 6.07) is 10.3. The van der Waals surface area contributed by atoms with Crippen molar-refractivity contribution in [2.75, 3.05) is 11.4 Å². The summed E-state index contributed by atoms with van der Waals surface area (Å²) in [5.74, 6) is -0.922. The van der Waals surface area contributed by atoms with Crippen LogP contribution in [0.2, 0.25) is 5.02 Å². The molecule has 0 aliphatic carbocycles. The van der Waals surface area contributed by atoms with Gasteiger partial charge in [0.2, 0.25) is 0 Å². The molecule has 0 heterocycles. The number of carbonyl (C=O) groups excluding carboxylic acids is 1. The molecule has 1 amide bonds. The van der Waals surface area contributed by atoms with Gasteiger partial charge in [-0.2, -0.15) is 0 Å². The molecule has 5 heteroatoms. The fourth-order valence-electron chi connectivity index (χ4n) is 1.89. The van der Waals surface area contributed by atoms with Gasteiger partial charge in [0, 0.05) is 23.9 Å². The van der Waals surface area contributed by atoms with Crippen molar-refractivity contribution in [3.63, 3.8) is 0 Å². The van der Waals surface area contributed by atoms with E-state index < -0.39 is 5.82 Å². The van der Waals surface area contributed by atoms with E-state index in [0.717, 1.165) is 6.07 Å². The molecule has 0 radical (unpaired) electrons. The Labute approximate surface area is 121 Å². The number of hydrogen-bond donors (Lipinski definition) is 1. The van der Waals surface area contributed by atoms with Crippen molar-refractivity contribution >= 4 is 23.2 Å². The Morgan fingerprint density at radius 1 is 1.30 bits per heavy atom. The van der Waals surface area contributed by atoms with Crippen molar-refractivity contribution in [3.8, 4) is 5.75 Å². The predicted molar refractivity (Wildman–Crippen MR) is 76.9 cm³/mol. The van der Waals surface area contributed by atoms with Crippen molar-refractivity contribution in [1.82, 2.24) is 0 Å². The van der Waals surface area contributed by atoms with Crippen LogP contribution in [0.5, 0.6) is 5.75 Å². The van der Waals surface area contributed by atoms with E-state index in [1.807, 2.05) is 0 Å². The highest BCUT2D eigenvalue weighted by Crippen LogP contribution is 2.23. The van der Waals surface area contributed by atoms with Crippen molar-refractivity contribution in [2.45, 2.75) is 6.92 Å². The number of phenols is 1. The summed E-state index contributed by atoms with van der Waals surface area (Å²) in [6.07, 6.45) is 0. The standard InChI is InChI=1S/C15H13ClFNO2/c1-2-18(11-4-3-5-12(19)9-11)15(20)10-6-7-13(16)14(17)8-10/h3-9,19H,2H2,1H3. The molecule has 0 aromatic heterocycles. The van der Waals surface area contributed by atoms with Gasteiger partial charge in [-0.25, -0.2) is 4.39 Å². The highest BCUT2D eigenvalue weighted by Gasteiger charge is 2.17. The normalized spacial score (nSPS) is 10.3. The molecule has 104 valence electrons.